The van der Waals surface area contributed by atoms with Gasteiger partial charge in [-0.25, -0.2) is 0 Å². The van der Waals surface area contributed by atoms with Gasteiger partial charge in [0.2, 0.25) is 0 Å². The van der Waals surface area contributed by atoms with E-state index >= 15 is 0 Å². The van der Waals surface area contributed by atoms with Crippen molar-refractivity contribution in [1.82, 2.24) is 14.7 Å². The molecule has 4 rings (SSSR count). The zero-order valence-corrected chi connectivity index (χ0v) is 15.4. The van der Waals surface area contributed by atoms with E-state index in [4.69, 9.17) is 10.5 Å². The minimum absolute atomic E-state index is 0.0211. The van der Waals surface area contributed by atoms with Gasteiger partial charge in [0, 0.05) is 37.5 Å². The molecule has 0 bridgehead atoms. The Hall–Kier alpha value is -3.12. The monoisotopic (exact) mass is 362 g/mol. The van der Waals surface area contributed by atoms with E-state index < -0.39 is 0 Å². The van der Waals surface area contributed by atoms with Gasteiger partial charge in [-0.3, -0.25) is 9.48 Å². The number of hydrogen-bond donors (Lipinski definition) is 1. The molecule has 1 aliphatic rings. The molecule has 0 saturated heterocycles. The van der Waals surface area contributed by atoms with Crippen LogP contribution in [0.15, 0.2) is 54.7 Å². The fourth-order valence-corrected chi connectivity index (χ4v) is 3.68. The van der Waals surface area contributed by atoms with E-state index in [1.807, 2.05) is 59.1 Å². The SMILES string of the molecule is COc1ccc(C(CN)N2Cc3cc(-c4ccnn4C)ccc3C2=O)cc1. The van der Waals surface area contributed by atoms with E-state index in [0.29, 0.717) is 13.1 Å². The van der Waals surface area contributed by atoms with Crippen LogP contribution in [0.2, 0.25) is 0 Å². The fraction of sp³-hybridized carbons (Fsp3) is 0.238. The molecule has 6 nitrogen and oxygen atoms in total. The summed E-state index contributed by atoms with van der Waals surface area (Å²) in [6.45, 7) is 0.911. The molecular weight excluding hydrogens is 340 g/mol. The second-order valence-electron chi connectivity index (χ2n) is 6.67. The van der Waals surface area contributed by atoms with Crippen LogP contribution in [-0.2, 0) is 13.6 Å². The van der Waals surface area contributed by atoms with Crippen LogP contribution in [0.3, 0.4) is 0 Å². The molecule has 2 aromatic carbocycles. The minimum Gasteiger partial charge on any atom is -0.497 e. The normalized spacial score (nSPS) is 14.3. The molecule has 0 spiro atoms. The molecule has 0 saturated carbocycles. The molecule has 2 heterocycles. The highest BCUT2D eigenvalue weighted by atomic mass is 16.5. The van der Waals surface area contributed by atoms with Gasteiger partial charge in [0.1, 0.15) is 5.75 Å². The summed E-state index contributed by atoms with van der Waals surface area (Å²) in [6.07, 6.45) is 1.77. The van der Waals surface area contributed by atoms with E-state index in [9.17, 15) is 4.79 Å². The maximum atomic E-state index is 13.0. The summed E-state index contributed by atoms with van der Waals surface area (Å²) in [5.74, 6) is 0.805. The number of nitrogens with two attached hydrogens (primary N) is 1. The maximum absolute atomic E-state index is 13.0. The van der Waals surface area contributed by atoms with E-state index in [1.54, 1.807) is 13.3 Å². The topological polar surface area (TPSA) is 73.4 Å². The van der Waals surface area contributed by atoms with Gasteiger partial charge < -0.3 is 15.4 Å². The quantitative estimate of drug-likeness (QED) is 0.757. The average Bonchev–Trinajstić information content (AvgIpc) is 3.26. The van der Waals surface area contributed by atoms with Crippen LogP contribution in [0.5, 0.6) is 5.75 Å². The zero-order chi connectivity index (χ0) is 19.0. The van der Waals surface area contributed by atoms with Gasteiger partial charge in [0.25, 0.3) is 5.91 Å². The van der Waals surface area contributed by atoms with Gasteiger partial charge >= 0.3 is 0 Å². The minimum atomic E-state index is -0.170. The lowest BCUT2D eigenvalue weighted by molar-refractivity contribution is 0.0707. The lowest BCUT2D eigenvalue weighted by Crippen LogP contribution is -2.34. The Balaban J connectivity index is 1.64. The van der Waals surface area contributed by atoms with Crippen LogP contribution in [0, 0.1) is 0 Å². The first-order valence-corrected chi connectivity index (χ1v) is 8.88. The average molecular weight is 362 g/mol. The zero-order valence-electron chi connectivity index (χ0n) is 15.4. The molecule has 27 heavy (non-hydrogen) atoms. The van der Waals surface area contributed by atoms with E-state index in [1.165, 1.54) is 0 Å². The summed E-state index contributed by atoms with van der Waals surface area (Å²) >= 11 is 0. The molecule has 1 amide bonds. The number of aromatic nitrogens is 2. The van der Waals surface area contributed by atoms with Crippen molar-refractivity contribution >= 4 is 5.91 Å². The number of fused-ring (bicyclic) bond motifs is 1. The molecule has 1 atom stereocenters. The van der Waals surface area contributed by atoms with E-state index in [2.05, 4.69) is 11.2 Å². The highest BCUT2D eigenvalue weighted by Crippen LogP contribution is 2.33. The van der Waals surface area contributed by atoms with Crippen LogP contribution in [0.4, 0.5) is 0 Å². The number of aryl methyl sites for hydroxylation is 1. The van der Waals surface area contributed by atoms with E-state index in [-0.39, 0.29) is 11.9 Å². The molecule has 1 unspecified atom stereocenters. The van der Waals surface area contributed by atoms with Crippen molar-refractivity contribution < 1.29 is 9.53 Å². The number of nitrogens with zero attached hydrogens (tertiary/aromatic N) is 3. The van der Waals surface area contributed by atoms with E-state index in [0.717, 1.165) is 33.7 Å². The summed E-state index contributed by atoms with van der Waals surface area (Å²) in [7, 11) is 3.55. The van der Waals surface area contributed by atoms with Crippen LogP contribution in [0.25, 0.3) is 11.3 Å². The molecule has 6 heteroatoms. The van der Waals surface area contributed by atoms with Crippen molar-refractivity contribution in [2.45, 2.75) is 12.6 Å². The van der Waals surface area contributed by atoms with Crippen molar-refractivity contribution in [3.63, 3.8) is 0 Å². The molecule has 1 aliphatic heterocycles. The predicted octanol–water partition coefficient (Wildman–Crippen LogP) is 2.75. The predicted molar refractivity (Wildman–Crippen MR) is 103 cm³/mol. The Morgan fingerprint density at radius 2 is 1.96 bits per heavy atom. The summed E-state index contributed by atoms with van der Waals surface area (Å²) in [5.41, 5.74) is 10.9. The third-order valence-electron chi connectivity index (χ3n) is 5.15. The Morgan fingerprint density at radius 1 is 1.19 bits per heavy atom. The molecule has 1 aromatic heterocycles. The number of amides is 1. The third-order valence-corrected chi connectivity index (χ3v) is 5.15. The van der Waals surface area contributed by atoms with Crippen LogP contribution >= 0.6 is 0 Å². The van der Waals surface area contributed by atoms with Gasteiger partial charge in [0.15, 0.2) is 0 Å². The number of carbonyl (C=O) groups excluding carboxylic acids is 1. The smallest absolute Gasteiger partial charge is 0.255 e. The Labute approximate surface area is 158 Å². The molecule has 2 N–H and O–H groups in total. The molecule has 0 fully saturated rings. The standard InChI is InChI=1S/C21H22N4O2/c1-24-19(9-10-23-24)15-5-8-18-16(11-15)13-25(21(18)26)20(12-22)14-3-6-17(27-2)7-4-14/h3-11,20H,12-13,22H2,1-2H3. The summed E-state index contributed by atoms with van der Waals surface area (Å²) in [5, 5.41) is 4.22. The molecule has 0 aliphatic carbocycles. The van der Waals surface area contributed by atoms with Gasteiger partial charge in [-0.15, -0.1) is 0 Å². The highest BCUT2D eigenvalue weighted by molar-refractivity contribution is 5.99. The molecular formula is C21H22N4O2. The molecule has 138 valence electrons. The first-order valence-electron chi connectivity index (χ1n) is 8.88. The number of benzene rings is 2. The first kappa shape index (κ1) is 17.3. The molecule has 0 radical (unpaired) electrons. The second kappa shape index (κ2) is 6.89. The van der Waals surface area contributed by atoms with Crippen molar-refractivity contribution in [3.05, 3.63) is 71.4 Å². The van der Waals surface area contributed by atoms with Gasteiger partial charge in [-0.1, -0.05) is 18.2 Å². The molecule has 3 aromatic rings. The summed E-state index contributed by atoms with van der Waals surface area (Å²) in [4.78, 5) is 14.8. The Kier molecular flexibility index (Phi) is 4.41. The van der Waals surface area contributed by atoms with Crippen molar-refractivity contribution in [1.29, 1.82) is 0 Å². The van der Waals surface area contributed by atoms with Crippen LogP contribution in [-0.4, -0.2) is 34.2 Å². The number of rotatable bonds is 5. The Morgan fingerprint density at radius 3 is 2.59 bits per heavy atom. The van der Waals surface area contributed by atoms with Crippen molar-refractivity contribution in [3.8, 4) is 17.0 Å². The lowest BCUT2D eigenvalue weighted by Gasteiger charge is -2.27. The lowest BCUT2D eigenvalue weighted by atomic mass is 10.0. The summed E-state index contributed by atoms with van der Waals surface area (Å²) < 4.78 is 7.05. The largest absolute Gasteiger partial charge is 0.497 e. The van der Waals surface area contributed by atoms with Gasteiger partial charge in [-0.05, 0) is 41.5 Å². The first-order chi connectivity index (χ1) is 13.1. The highest BCUT2D eigenvalue weighted by Gasteiger charge is 2.33. The number of carbonyl (C=O) groups is 1. The Bertz CT molecular complexity index is 978. The number of methoxy groups -OCH3 is 1. The van der Waals surface area contributed by atoms with Gasteiger partial charge in [-0.2, -0.15) is 5.10 Å². The van der Waals surface area contributed by atoms with Crippen molar-refractivity contribution in [2.24, 2.45) is 12.8 Å². The number of hydrogen-bond acceptors (Lipinski definition) is 4. The summed E-state index contributed by atoms with van der Waals surface area (Å²) in [6, 6.07) is 15.5. The third kappa shape index (κ3) is 2.98. The number of ether oxygens (including phenoxy) is 1. The van der Waals surface area contributed by atoms with Crippen LogP contribution < -0.4 is 10.5 Å². The van der Waals surface area contributed by atoms with Crippen molar-refractivity contribution in [2.75, 3.05) is 13.7 Å². The van der Waals surface area contributed by atoms with Crippen LogP contribution in [0.1, 0.15) is 27.5 Å². The van der Waals surface area contributed by atoms with Gasteiger partial charge in [0.05, 0.1) is 18.8 Å². The maximum Gasteiger partial charge on any atom is 0.255 e. The fourth-order valence-electron chi connectivity index (χ4n) is 3.68. The second-order valence-corrected chi connectivity index (χ2v) is 6.67.